The van der Waals surface area contributed by atoms with E-state index in [2.05, 4.69) is 13.2 Å². The monoisotopic (exact) mass is 424 g/mol. The van der Waals surface area contributed by atoms with Crippen molar-refractivity contribution in [2.45, 2.75) is 0 Å². The summed E-state index contributed by atoms with van der Waals surface area (Å²) in [6.07, 6.45) is 2.03. The fourth-order valence-electron chi connectivity index (χ4n) is 3.75. The van der Waals surface area contributed by atoms with Gasteiger partial charge in [0.25, 0.3) is 5.56 Å². The first-order valence-corrected chi connectivity index (χ1v) is 11.4. The van der Waals surface area contributed by atoms with Gasteiger partial charge in [0.15, 0.2) is 0 Å². The van der Waals surface area contributed by atoms with Gasteiger partial charge in [-0.25, -0.2) is 9.36 Å². The van der Waals surface area contributed by atoms with E-state index in [-0.39, 0.29) is 5.56 Å². The lowest BCUT2D eigenvalue weighted by Gasteiger charge is -2.17. The minimum atomic E-state index is -0.110. The molecule has 0 spiro atoms. The van der Waals surface area contributed by atoms with Gasteiger partial charge in [0.05, 0.1) is 16.9 Å². The Kier molecular flexibility index (Phi) is 6.10. The maximum Gasteiger partial charge on any atom is 0.280 e. The lowest BCUT2D eigenvalue weighted by molar-refractivity contribution is 0.741. The summed E-state index contributed by atoms with van der Waals surface area (Å²) in [5.74, 6) is 0.693. The van der Waals surface area contributed by atoms with E-state index in [1.54, 1.807) is 16.4 Å². The van der Waals surface area contributed by atoms with Crippen LogP contribution in [0, 0.1) is 0 Å². The van der Waals surface area contributed by atoms with Gasteiger partial charge in [0.2, 0.25) is 0 Å². The molecule has 0 aliphatic carbocycles. The molecule has 0 atom stereocenters. The van der Waals surface area contributed by atoms with Crippen molar-refractivity contribution in [3.8, 4) is 16.9 Å². The van der Waals surface area contributed by atoms with E-state index in [1.165, 1.54) is 0 Å². The van der Waals surface area contributed by atoms with Gasteiger partial charge < -0.3 is 0 Å². The van der Waals surface area contributed by atoms with Crippen LogP contribution in [0.5, 0.6) is 0 Å². The highest BCUT2D eigenvalue weighted by Gasteiger charge is 2.25. The van der Waals surface area contributed by atoms with Gasteiger partial charge in [-0.1, -0.05) is 92.0 Å². The molecule has 0 aliphatic heterocycles. The molecule has 4 heteroatoms. The zero-order valence-electron chi connectivity index (χ0n) is 17.5. The first-order valence-electron chi connectivity index (χ1n) is 10.0. The number of benzene rings is 3. The number of rotatable bonds is 7. The predicted octanol–water partition coefficient (Wildman–Crippen LogP) is 6.20. The molecule has 4 rings (SSSR count). The van der Waals surface area contributed by atoms with Gasteiger partial charge in [-0.2, -0.15) is 11.8 Å². The van der Waals surface area contributed by atoms with Crippen molar-refractivity contribution >= 4 is 23.0 Å². The van der Waals surface area contributed by atoms with E-state index in [4.69, 9.17) is 0 Å². The second-order valence-corrected chi connectivity index (χ2v) is 8.06. The molecule has 0 fully saturated rings. The Morgan fingerprint density at radius 3 is 1.97 bits per heavy atom. The van der Waals surface area contributed by atoms with Crippen LogP contribution in [0.1, 0.15) is 11.1 Å². The summed E-state index contributed by atoms with van der Waals surface area (Å²) in [7, 11) is 0. The van der Waals surface area contributed by atoms with Crippen molar-refractivity contribution in [3.05, 3.63) is 126 Å². The molecule has 0 unspecified atom stereocenters. The molecule has 1 aromatic heterocycles. The fourth-order valence-corrected chi connectivity index (χ4v) is 4.21. The molecule has 4 aromatic rings. The van der Waals surface area contributed by atoms with Crippen LogP contribution in [0.4, 0.5) is 0 Å². The second kappa shape index (κ2) is 9.11. The van der Waals surface area contributed by atoms with Gasteiger partial charge in [0, 0.05) is 17.0 Å². The van der Waals surface area contributed by atoms with Crippen LogP contribution in [0.3, 0.4) is 0 Å². The van der Waals surface area contributed by atoms with Crippen molar-refractivity contribution < 1.29 is 0 Å². The number of hydrogen-bond acceptors (Lipinski definition) is 2. The number of hydrogen-bond donors (Lipinski definition) is 0. The topological polar surface area (TPSA) is 26.9 Å². The molecule has 3 nitrogen and oxygen atoms in total. The molecule has 0 saturated heterocycles. The number of thioether (sulfide) groups is 1. The molecule has 0 amide bonds. The highest BCUT2D eigenvalue weighted by Crippen LogP contribution is 2.33. The van der Waals surface area contributed by atoms with E-state index in [0.29, 0.717) is 16.9 Å². The number of nitrogens with zero attached hydrogens (tertiary/aromatic N) is 2. The van der Waals surface area contributed by atoms with Crippen LogP contribution in [0.15, 0.2) is 109 Å². The molecular weight excluding hydrogens is 400 g/mol. The largest absolute Gasteiger partial charge is 0.280 e. The standard InChI is InChI=1S/C27H24N2OS/c1-20(19-31-3)28-26(23-15-9-5-10-16-23)25(21(2)22-13-7-4-8-14-22)27(30)29(28)24-17-11-6-12-18-24/h4-18H,1-2,19H2,3H3. The lowest BCUT2D eigenvalue weighted by atomic mass is 9.97. The minimum absolute atomic E-state index is 0.110. The van der Waals surface area contributed by atoms with Gasteiger partial charge in [-0.3, -0.25) is 4.79 Å². The first-order chi connectivity index (χ1) is 15.1. The van der Waals surface area contributed by atoms with Gasteiger partial charge >= 0.3 is 0 Å². The number of para-hydroxylation sites is 1. The summed E-state index contributed by atoms with van der Waals surface area (Å²) >= 11 is 1.67. The Balaban J connectivity index is 2.10. The summed E-state index contributed by atoms with van der Waals surface area (Å²) < 4.78 is 3.66. The molecule has 3 aromatic carbocycles. The molecule has 0 radical (unpaired) electrons. The Bertz CT molecular complexity index is 1270. The molecule has 0 N–H and O–H groups in total. The van der Waals surface area contributed by atoms with E-state index in [1.807, 2.05) is 102 Å². The van der Waals surface area contributed by atoms with Crippen LogP contribution in [0.2, 0.25) is 0 Å². The molecular formula is C27H24N2OS. The van der Waals surface area contributed by atoms with Crippen molar-refractivity contribution in [1.29, 1.82) is 0 Å². The van der Waals surface area contributed by atoms with Crippen LogP contribution in [-0.4, -0.2) is 21.4 Å². The van der Waals surface area contributed by atoms with Gasteiger partial charge in [0.1, 0.15) is 0 Å². The third kappa shape index (κ3) is 3.94. The Labute approximate surface area is 187 Å². The zero-order chi connectivity index (χ0) is 21.8. The third-order valence-corrected chi connectivity index (χ3v) is 5.76. The van der Waals surface area contributed by atoms with E-state index in [9.17, 15) is 4.79 Å². The highest BCUT2D eigenvalue weighted by atomic mass is 32.2. The predicted molar refractivity (Wildman–Crippen MR) is 134 cm³/mol. The number of aromatic nitrogens is 2. The van der Waals surface area contributed by atoms with Gasteiger partial charge in [-0.05, 0) is 29.5 Å². The molecule has 154 valence electrons. The zero-order valence-corrected chi connectivity index (χ0v) is 18.3. The van der Waals surface area contributed by atoms with Crippen LogP contribution < -0.4 is 5.56 Å². The molecule has 0 bridgehead atoms. The summed E-state index contributed by atoms with van der Waals surface area (Å²) in [5.41, 5.74) is 5.48. The smallest absolute Gasteiger partial charge is 0.267 e. The summed E-state index contributed by atoms with van der Waals surface area (Å²) in [4.78, 5) is 13.9. The molecule has 0 aliphatic rings. The van der Waals surface area contributed by atoms with Crippen molar-refractivity contribution in [1.82, 2.24) is 9.36 Å². The fraction of sp³-hybridized carbons (Fsp3) is 0.0741. The normalized spacial score (nSPS) is 10.7. The molecule has 31 heavy (non-hydrogen) atoms. The molecule has 0 saturated carbocycles. The lowest BCUT2D eigenvalue weighted by Crippen LogP contribution is -2.22. The summed E-state index contributed by atoms with van der Waals surface area (Å²) in [6.45, 7) is 8.66. The van der Waals surface area contributed by atoms with Crippen molar-refractivity contribution in [2.24, 2.45) is 0 Å². The van der Waals surface area contributed by atoms with Crippen LogP contribution in [-0.2, 0) is 0 Å². The van der Waals surface area contributed by atoms with Crippen molar-refractivity contribution in [2.75, 3.05) is 12.0 Å². The highest BCUT2D eigenvalue weighted by molar-refractivity contribution is 7.99. The first kappa shape index (κ1) is 20.8. The minimum Gasteiger partial charge on any atom is -0.267 e. The third-order valence-electron chi connectivity index (χ3n) is 5.14. The Morgan fingerprint density at radius 1 is 0.839 bits per heavy atom. The van der Waals surface area contributed by atoms with Gasteiger partial charge in [-0.15, -0.1) is 0 Å². The summed E-state index contributed by atoms with van der Waals surface area (Å²) in [6, 6.07) is 29.5. The Hall–Kier alpha value is -3.50. The maximum absolute atomic E-state index is 13.9. The molecule has 1 heterocycles. The maximum atomic E-state index is 13.9. The Morgan fingerprint density at radius 2 is 1.39 bits per heavy atom. The average molecular weight is 425 g/mol. The summed E-state index contributed by atoms with van der Waals surface area (Å²) in [5, 5.41) is 0. The van der Waals surface area contributed by atoms with E-state index in [0.717, 1.165) is 28.2 Å². The quantitative estimate of drug-likeness (QED) is 0.353. The van der Waals surface area contributed by atoms with Crippen LogP contribution >= 0.6 is 11.8 Å². The average Bonchev–Trinajstić information content (AvgIpc) is 3.13. The van der Waals surface area contributed by atoms with Crippen molar-refractivity contribution in [3.63, 3.8) is 0 Å². The second-order valence-electron chi connectivity index (χ2n) is 7.20. The van der Waals surface area contributed by atoms with E-state index < -0.39 is 0 Å². The SMILES string of the molecule is C=C(c1ccccc1)c1c(-c2ccccc2)n(C(=C)CSC)n(-c2ccccc2)c1=O. The van der Waals surface area contributed by atoms with Crippen LogP contribution in [0.25, 0.3) is 28.2 Å². The van der Waals surface area contributed by atoms with E-state index >= 15 is 0 Å².